The number of ether oxygens (including phenoxy) is 1. The summed E-state index contributed by atoms with van der Waals surface area (Å²) >= 11 is 0. The van der Waals surface area contributed by atoms with Crippen LogP contribution in [-0.2, 0) is 0 Å². The molecule has 0 saturated carbocycles. The molecule has 0 atom stereocenters. The lowest BCUT2D eigenvalue weighted by molar-refractivity contribution is 0.465. The van der Waals surface area contributed by atoms with Crippen LogP contribution in [0.4, 0.5) is 5.82 Å². The van der Waals surface area contributed by atoms with E-state index < -0.39 is 0 Å². The fourth-order valence-corrected chi connectivity index (χ4v) is 1.87. The Balaban J connectivity index is 2.03. The van der Waals surface area contributed by atoms with E-state index in [1.165, 1.54) is 5.56 Å². The van der Waals surface area contributed by atoms with Crippen molar-refractivity contribution in [2.24, 2.45) is 5.84 Å². The van der Waals surface area contributed by atoms with Crippen LogP contribution in [0, 0.1) is 6.92 Å². The summed E-state index contributed by atoms with van der Waals surface area (Å²) in [4.78, 5) is 8.82. The van der Waals surface area contributed by atoms with Crippen molar-refractivity contribution in [1.82, 2.24) is 9.97 Å². The summed E-state index contributed by atoms with van der Waals surface area (Å²) in [7, 11) is 0. The summed E-state index contributed by atoms with van der Waals surface area (Å²) in [6, 6.07) is 15.3. The van der Waals surface area contributed by atoms with Crippen molar-refractivity contribution in [2.45, 2.75) is 6.92 Å². The molecule has 3 aromatic rings. The van der Waals surface area contributed by atoms with E-state index in [9.17, 15) is 0 Å². The molecule has 0 aliphatic carbocycles. The van der Waals surface area contributed by atoms with Crippen LogP contribution in [0.15, 0.2) is 48.5 Å². The number of aryl methyl sites for hydroxylation is 1. The highest BCUT2D eigenvalue weighted by Crippen LogP contribution is 2.27. The molecule has 0 aliphatic rings. The maximum absolute atomic E-state index is 5.75. The van der Waals surface area contributed by atoms with Gasteiger partial charge in [0.05, 0.1) is 11.0 Å². The summed E-state index contributed by atoms with van der Waals surface area (Å²) < 4.78 is 5.75. The fourth-order valence-electron chi connectivity index (χ4n) is 1.87. The van der Waals surface area contributed by atoms with E-state index in [1.807, 2.05) is 55.5 Å². The first-order valence-corrected chi connectivity index (χ1v) is 6.24. The zero-order valence-electron chi connectivity index (χ0n) is 11.0. The Bertz CT molecular complexity index is 740. The van der Waals surface area contributed by atoms with Gasteiger partial charge in [-0.1, -0.05) is 29.8 Å². The Labute approximate surface area is 116 Å². The highest BCUT2D eigenvalue weighted by molar-refractivity contribution is 5.77. The zero-order chi connectivity index (χ0) is 13.9. The van der Waals surface area contributed by atoms with Gasteiger partial charge in [-0.15, -0.1) is 0 Å². The maximum atomic E-state index is 5.75. The molecule has 0 aliphatic heterocycles. The number of anilines is 1. The number of benzene rings is 2. The molecular formula is C15H14N4O. The van der Waals surface area contributed by atoms with Gasteiger partial charge >= 0.3 is 0 Å². The van der Waals surface area contributed by atoms with E-state index in [1.54, 1.807) is 0 Å². The smallest absolute Gasteiger partial charge is 0.264 e. The number of fused-ring (bicyclic) bond motifs is 1. The van der Waals surface area contributed by atoms with Gasteiger partial charge in [0.2, 0.25) is 5.82 Å². The van der Waals surface area contributed by atoms with Crippen LogP contribution in [-0.4, -0.2) is 9.97 Å². The number of hydrogen-bond donors (Lipinski definition) is 2. The van der Waals surface area contributed by atoms with Crippen LogP contribution in [0.2, 0.25) is 0 Å². The predicted octanol–water partition coefficient (Wildman–Crippen LogP) is 3.02. The maximum Gasteiger partial charge on any atom is 0.264 e. The molecule has 0 radical (unpaired) electrons. The predicted molar refractivity (Wildman–Crippen MR) is 78.6 cm³/mol. The molecule has 3 N–H and O–H groups in total. The number of para-hydroxylation sites is 2. The van der Waals surface area contributed by atoms with Crippen LogP contribution in [0.1, 0.15) is 5.56 Å². The number of nitrogens with one attached hydrogen (secondary N) is 1. The highest BCUT2D eigenvalue weighted by Gasteiger charge is 2.10. The Morgan fingerprint density at radius 1 is 0.950 bits per heavy atom. The van der Waals surface area contributed by atoms with Gasteiger partial charge in [-0.05, 0) is 31.2 Å². The van der Waals surface area contributed by atoms with Crippen LogP contribution in [0.5, 0.6) is 11.6 Å². The molecule has 0 amide bonds. The number of hydrazine groups is 1. The first-order valence-electron chi connectivity index (χ1n) is 6.24. The summed E-state index contributed by atoms with van der Waals surface area (Å²) in [5, 5.41) is 0. The van der Waals surface area contributed by atoms with Gasteiger partial charge in [0.25, 0.3) is 5.88 Å². The number of nitrogens with two attached hydrogens (primary N) is 1. The summed E-state index contributed by atoms with van der Waals surface area (Å²) in [5.41, 5.74) is 5.21. The van der Waals surface area contributed by atoms with E-state index in [0.717, 1.165) is 11.0 Å². The van der Waals surface area contributed by atoms with Crippen LogP contribution in [0.25, 0.3) is 11.0 Å². The minimum absolute atomic E-state index is 0.357. The third-order valence-electron chi connectivity index (χ3n) is 2.91. The normalized spacial score (nSPS) is 10.5. The quantitative estimate of drug-likeness (QED) is 0.563. The summed E-state index contributed by atoms with van der Waals surface area (Å²) in [6.07, 6.45) is 0. The topological polar surface area (TPSA) is 73.1 Å². The Kier molecular flexibility index (Phi) is 3.18. The van der Waals surface area contributed by atoms with Gasteiger partial charge in [0, 0.05) is 0 Å². The molecule has 0 saturated heterocycles. The van der Waals surface area contributed by atoms with Gasteiger partial charge in [-0.25, -0.2) is 15.8 Å². The average Bonchev–Trinajstić information content (AvgIpc) is 2.49. The highest BCUT2D eigenvalue weighted by atomic mass is 16.5. The molecule has 100 valence electrons. The minimum Gasteiger partial charge on any atom is -0.436 e. The van der Waals surface area contributed by atoms with Gasteiger partial charge in [-0.2, -0.15) is 0 Å². The second-order valence-electron chi connectivity index (χ2n) is 4.43. The van der Waals surface area contributed by atoms with Crippen molar-refractivity contribution < 1.29 is 4.74 Å². The number of nitrogens with zero attached hydrogens (tertiary/aromatic N) is 2. The largest absolute Gasteiger partial charge is 0.436 e. The standard InChI is InChI=1S/C15H14N4O/c1-10-6-8-11(9-7-10)20-15-14(19-16)17-12-4-2-3-5-13(12)18-15/h2-9H,16H2,1H3,(H,17,19). The SMILES string of the molecule is Cc1ccc(Oc2nc3ccccc3nc2NN)cc1. The van der Waals surface area contributed by atoms with E-state index in [2.05, 4.69) is 15.4 Å². The molecule has 1 heterocycles. The second kappa shape index (κ2) is 5.14. The first-order chi connectivity index (χ1) is 9.76. The van der Waals surface area contributed by atoms with E-state index >= 15 is 0 Å². The second-order valence-corrected chi connectivity index (χ2v) is 4.43. The van der Waals surface area contributed by atoms with Gasteiger partial charge < -0.3 is 10.2 Å². The molecule has 0 unspecified atom stereocenters. The van der Waals surface area contributed by atoms with Crippen molar-refractivity contribution in [2.75, 3.05) is 5.43 Å². The molecule has 3 rings (SSSR count). The van der Waals surface area contributed by atoms with Crippen molar-refractivity contribution in [3.05, 3.63) is 54.1 Å². The third kappa shape index (κ3) is 2.39. The van der Waals surface area contributed by atoms with Crippen molar-refractivity contribution in [1.29, 1.82) is 0 Å². The third-order valence-corrected chi connectivity index (χ3v) is 2.91. The molecule has 0 bridgehead atoms. The summed E-state index contributed by atoms with van der Waals surface area (Å²) in [6.45, 7) is 2.02. The molecule has 5 nitrogen and oxygen atoms in total. The van der Waals surface area contributed by atoms with Crippen LogP contribution >= 0.6 is 0 Å². The van der Waals surface area contributed by atoms with Gasteiger partial charge in [-0.3, -0.25) is 0 Å². The lowest BCUT2D eigenvalue weighted by Crippen LogP contribution is -2.10. The van der Waals surface area contributed by atoms with Gasteiger partial charge in [0.1, 0.15) is 5.75 Å². The van der Waals surface area contributed by atoms with E-state index in [4.69, 9.17) is 10.6 Å². The Morgan fingerprint density at radius 2 is 1.60 bits per heavy atom. The van der Waals surface area contributed by atoms with Crippen molar-refractivity contribution in [3.63, 3.8) is 0 Å². The Hall–Kier alpha value is -2.66. The van der Waals surface area contributed by atoms with E-state index in [0.29, 0.717) is 17.4 Å². The van der Waals surface area contributed by atoms with Gasteiger partial charge in [0.15, 0.2) is 0 Å². The van der Waals surface area contributed by atoms with Crippen LogP contribution < -0.4 is 16.0 Å². The molecule has 5 heteroatoms. The molecule has 20 heavy (non-hydrogen) atoms. The molecule has 2 aromatic carbocycles. The Morgan fingerprint density at radius 3 is 2.25 bits per heavy atom. The van der Waals surface area contributed by atoms with E-state index in [-0.39, 0.29) is 0 Å². The van der Waals surface area contributed by atoms with Crippen LogP contribution in [0.3, 0.4) is 0 Å². The molecule has 0 fully saturated rings. The average molecular weight is 266 g/mol. The molecular weight excluding hydrogens is 252 g/mol. The summed E-state index contributed by atoms with van der Waals surface area (Å²) in [5.74, 6) is 6.94. The number of aromatic nitrogens is 2. The lowest BCUT2D eigenvalue weighted by atomic mass is 10.2. The molecule has 1 aromatic heterocycles. The number of hydrogen-bond acceptors (Lipinski definition) is 5. The lowest BCUT2D eigenvalue weighted by Gasteiger charge is -2.10. The number of nitrogen functional groups attached to an aromatic ring is 1. The molecule has 0 spiro atoms. The monoisotopic (exact) mass is 266 g/mol. The minimum atomic E-state index is 0.357. The zero-order valence-corrected chi connectivity index (χ0v) is 11.0. The first kappa shape index (κ1) is 12.4. The van der Waals surface area contributed by atoms with Crippen molar-refractivity contribution in [3.8, 4) is 11.6 Å². The fraction of sp³-hybridized carbons (Fsp3) is 0.0667. The number of rotatable bonds is 3. The van der Waals surface area contributed by atoms with Crippen molar-refractivity contribution >= 4 is 16.9 Å².